The van der Waals surface area contributed by atoms with Crippen molar-refractivity contribution in [3.8, 4) is 5.82 Å². The number of hydrogen-bond donors (Lipinski definition) is 2. The number of carbonyl (C=O) groups excluding carboxylic acids is 2. The van der Waals surface area contributed by atoms with Gasteiger partial charge in [-0.1, -0.05) is 23.2 Å². The number of aryl methyl sites for hydroxylation is 1. The van der Waals surface area contributed by atoms with Gasteiger partial charge in [0.05, 0.1) is 28.5 Å². The summed E-state index contributed by atoms with van der Waals surface area (Å²) in [6, 6.07) is 6.60. The van der Waals surface area contributed by atoms with E-state index in [1.807, 2.05) is 0 Å². The van der Waals surface area contributed by atoms with Crippen LogP contribution in [0.25, 0.3) is 5.82 Å². The zero-order valence-electron chi connectivity index (χ0n) is 20.8. The Labute approximate surface area is 237 Å². The van der Waals surface area contributed by atoms with Crippen LogP contribution in [0.15, 0.2) is 42.6 Å². The van der Waals surface area contributed by atoms with Gasteiger partial charge in [0, 0.05) is 24.3 Å². The summed E-state index contributed by atoms with van der Waals surface area (Å²) in [4.78, 5) is 30.0. The van der Waals surface area contributed by atoms with Crippen molar-refractivity contribution >= 4 is 40.7 Å². The fraction of sp³-hybridized carbons (Fsp3) is 0.208. The summed E-state index contributed by atoms with van der Waals surface area (Å²) in [5.41, 5.74) is -3.53. The molecule has 0 unspecified atom stereocenters. The molecule has 0 aliphatic rings. The molecule has 0 atom stereocenters. The highest BCUT2D eigenvalue weighted by Crippen LogP contribution is 2.35. The van der Waals surface area contributed by atoms with Crippen LogP contribution in [0, 0.1) is 6.92 Å². The number of anilines is 1. The molecule has 3 heterocycles. The molecule has 0 saturated carbocycles. The van der Waals surface area contributed by atoms with Crippen LogP contribution in [0.4, 0.5) is 32.0 Å². The topological polar surface area (TPSA) is 107 Å². The molecule has 0 saturated heterocycles. The molecule has 0 radical (unpaired) electrons. The highest BCUT2D eigenvalue weighted by atomic mass is 35.5. The number of alkyl halides is 6. The summed E-state index contributed by atoms with van der Waals surface area (Å²) in [7, 11) is 1.36. The van der Waals surface area contributed by atoms with Crippen molar-refractivity contribution in [3.05, 3.63) is 86.5 Å². The average molecular weight is 620 g/mol. The molecule has 3 aromatic heterocycles. The standard InChI is InChI=1S/C24H17Cl2F6N7O2/c1-11-6-12(25)7-14(21(40)33-2)19(11)35-22(41)16-8-13(36-39(16)20-15(26)4-3-5-34-20)10-38-18(24(30,31)32)9-17(37-38)23(27,28)29/h3-9H,10H2,1-2H3,(H,33,40)(H,35,41). The molecule has 0 aliphatic carbocycles. The summed E-state index contributed by atoms with van der Waals surface area (Å²) in [5, 5.41) is 12.4. The van der Waals surface area contributed by atoms with Gasteiger partial charge in [0.25, 0.3) is 11.8 Å². The van der Waals surface area contributed by atoms with Crippen molar-refractivity contribution in [2.24, 2.45) is 0 Å². The fourth-order valence-electron chi connectivity index (χ4n) is 3.82. The maximum absolute atomic E-state index is 13.5. The Morgan fingerprint density at radius 1 is 0.976 bits per heavy atom. The van der Waals surface area contributed by atoms with Gasteiger partial charge in [0.1, 0.15) is 11.4 Å². The molecule has 2 N–H and O–H groups in total. The van der Waals surface area contributed by atoms with Gasteiger partial charge in [0.15, 0.2) is 11.5 Å². The van der Waals surface area contributed by atoms with Gasteiger partial charge in [-0.3, -0.25) is 14.3 Å². The highest BCUT2D eigenvalue weighted by molar-refractivity contribution is 6.32. The van der Waals surface area contributed by atoms with Crippen molar-refractivity contribution in [1.29, 1.82) is 0 Å². The van der Waals surface area contributed by atoms with Crippen molar-refractivity contribution in [1.82, 2.24) is 29.9 Å². The van der Waals surface area contributed by atoms with Crippen LogP contribution in [0.3, 0.4) is 0 Å². The maximum atomic E-state index is 13.5. The predicted molar refractivity (Wildman–Crippen MR) is 135 cm³/mol. The van der Waals surface area contributed by atoms with E-state index in [1.165, 1.54) is 37.5 Å². The number of carbonyl (C=O) groups is 2. The molecule has 216 valence electrons. The lowest BCUT2D eigenvalue weighted by atomic mass is 10.1. The van der Waals surface area contributed by atoms with Crippen molar-refractivity contribution in [2.45, 2.75) is 25.8 Å². The number of pyridine rings is 1. The Balaban J connectivity index is 1.82. The Morgan fingerprint density at radius 2 is 1.68 bits per heavy atom. The summed E-state index contributed by atoms with van der Waals surface area (Å²) in [6.07, 6.45) is -9.01. The van der Waals surface area contributed by atoms with Gasteiger partial charge in [0.2, 0.25) is 0 Å². The number of benzene rings is 1. The summed E-state index contributed by atoms with van der Waals surface area (Å²) < 4.78 is 81.1. The van der Waals surface area contributed by atoms with E-state index in [4.69, 9.17) is 23.2 Å². The number of halogens is 8. The van der Waals surface area contributed by atoms with Gasteiger partial charge in [-0.15, -0.1) is 0 Å². The SMILES string of the molecule is CNC(=O)c1cc(Cl)cc(C)c1NC(=O)c1cc(Cn2nc(C(F)(F)F)cc2C(F)(F)F)nn1-c1ncccc1Cl. The third kappa shape index (κ3) is 6.30. The minimum Gasteiger partial charge on any atom is -0.355 e. The van der Waals surface area contributed by atoms with E-state index in [0.717, 1.165) is 10.7 Å². The predicted octanol–water partition coefficient (Wildman–Crippen LogP) is 5.78. The molecule has 4 rings (SSSR count). The van der Waals surface area contributed by atoms with Crippen molar-refractivity contribution in [2.75, 3.05) is 12.4 Å². The smallest absolute Gasteiger partial charge is 0.355 e. The summed E-state index contributed by atoms with van der Waals surface area (Å²) in [5.74, 6) is -1.57. The first-order valence-electron chi connectivity index (χ1n) is 11.4. The van der Waals surface area contributed by atoms with Gasteiger partial charge in [-0.05, 0) is 42.8 Å². The Morgan fingerprint density at radius 3 is 2.29 bits per heavy atom. The number of nitrogens with zero attached hydrogens (tertiary/aromatic N) is 5. The normalized spacial score (nSPS) is 12.0. The highest BCUT2D eigenvalue weighted by Gasteiger charge is 2.42. The van der Waals surface area contributed by atoms with Crippen LogP contribution >= 0.6 is 23.2 Å². The number of nitrogens with one attached hydrogen (secondary N) is 2. The van der Waals surface area contributed by atoms with Crippen LogP contribution in [0.5, 0.6) is 0 Å². The lowest BCUT2D eigenvalue weighted by Gasteiger charge is -2.14. The van der Waals surface area contributed by atoms with Gasteiger partial charge >= 0.3 is 12.4 Å². The Bertz CT molecular complexity index is 1650. The number of hydrogen-bond acceptors (Lipinski definition) is 5. The zero-order chi connectivity index (χ0) is 30.3. The average Bonchev–Trinajstić information content (AvgIpc) is 3.50. The van der Waals surface area contributed by atoms with Gasteiger partial charge in [-0.25, -0.2) is 9.67 Å². The quantitative estimate of drug-likeness (QED) is 0.266. The van der Waals surface area contributed by atoms with Crippen molar-refractivity contribution < 1.29 is 35.9 Å². The molecule has 0 aliphatic heterocycles. The minimum atomic E-state index is -5.17. The first-order chi connectivity index (χ1) is 19.1. The Hall–Kier alpha value is -4.11. The second kappa shape index (κ2) is 11.0. The zero-order valence-corrected chi connectivity index (χ0v) is 22.3. The lowest BCUT2D eigenvalue weighted by Crippen LogP contribution is -2.23. The maximum Gasteiger partial charge on any atom is 0.435 e. The largest absolute Gasteiger partial charge is 0.435 e. The third-order valence-electron chi connectivity index (χ3n) is 5.62. The number of aromatic nitrogens is 5. The van der Waals surface area contributed by atoms with Crippen LogP contribution in [-0.4, -0.2) is 43.4 Å². The second-order valence-electron chi connectivity index (χ2n) is 8.49. The molecule has 0 bridgehead atoms. The molecule has 4 aromatic rings. The molecule has 41 heavy (non-hydrogen) atoms. The van der Waals surface area contributed by atoms with Crippen LogP contribution in [0.2, 0.25) is 10.0 Å². The van der Waals surface area contributed by atoms with Crippen LogP contribution < -0.4 is 10.6 Å². The fourth-order valence-corrected chi connectivity index (χ4v) is 4.30. The molecule has 2 amide bonds. The van der Waals surface area contributed by atoms with E-state index < -0.39 is 42.1 Å². The lowest BCUT2D eigenvalue weighted by molar-refractivity contribution is -0.144. The van der Waals surface area contributed by atoms with E-state index in [9.17, 15) is 35.9 Å². The molecule has 1 aromatic carbocycles. The second-order valence-corrected chi connectivity index (χ2v) is 9.33. The Kier molecular flexibility index (Phi) is 8.05. The van der Waals surface area contributed by atoms with Crippen molar-refractivity contribution in [3.63, 3.8) is 0 Å². The summed E-state index contributed by atoms with van der Waals surface area (Å²) in [6.45, 7) is 0.674. The molecule has 0 fully saturated rings. The van der Waals surface area contributed by atoms with E-state index in [2.05, 4.69) is 25.8 Å². The molecule has 0 spiro atoms. The first kappa shape index (κ1) is 29.9. The third-order valence-corrected chi connectivity index (χ3v) is 6.13. The van der Waals surface area contributed by atoms with Gasteiger partial charge < -0.3 is 10.6 Å². The van der Waals surface area contributed by atoms with E-state index in [0.29, 0.717) is 5.56 Å². The molecule has 17 heteroatoms. The molecular formula is C24H17Cl2F6N7O2. The minimum absolute atomic E-state index is 0.000601. The first-order valence-corrected chi connectivity index (χ1v) is 12.1. The number of amides is 2. The molecular weight excluding hydrogens is 603 g/mol. The van der Waals surface area contributed by atoms with E-state index in [-0.39, 0.29) is 49.2 Å². The summed E-state index contributed by atoms with van der Waals surface area (Å²) >= 11 is 12.3. The van der Waals surface area contributed by atoms with Crippen LogP contribution in [0.1, 0.15) is 43.5 Å². The van der Waals surface area contributed by atoms with E-state index in [1.54, 1.807) is 6.92 Å². The van der Waals surface area contributed by atoms with Crippen LogP contribution in [-0.2, 0) is 18.9 Å². The van der Waals surface area contributed by atoms with E-state index >= 15 is 0 Å². The monoisotopic (exact) mass is 619 g/mol. The number of rotatable bonds is 6. The van der Waals surface area contributed by atoms with Gasteiger partial charge in [-0.2, -0.15) is 36.5 Å². The molecule has 9 nitrogen and oxygen atoms in total.